The molecule has 1 aliphatic heterocycles. The SMILES string of the molecule is CN(C)C1CCN(Cc2ccc(C(=O)Nc3cc(-c4ccsc4)ccc3N)cc2)C1. The van der Waals surface area contributed by atoms with Gasteiger partial charge in [-0.25, -0.2) is 0 Å². The molecule has 1 fully saturated rings. The lowest BCUT2D eigenvalue weighted by Gasteiger charge is -2.20. The zero-order valence-electron chi connectivity index (χ0n) is 17.5. The second-order valence-corrected chi connectivity index (χ2v) is 8.89. The second-order valence-electron chi connectivity index (χ2n) is 8.11. The molecule has 5 nitrogen and oxygen atoms in total. The van der Waals surface area contributed by atoms with Gasteiger partial charge in [0, 0.05) is 31.2 Å². The molecule has 0 bridgehead atoms. The molecular formula is C24H28N4OS. The molecule has 156 valence electrons. The summed E-state index contributed by atoms with van der Waals surface area (Å²) < 4.78 is 0. The summed E-state index contributed by atoms with van der Waals surface area (Å²) >= 11 is 1.64. The Bertz CT molecular complexity index is 999. The van der Waals surface area contributed by atoms with Crippen molar-refractivity contribution in [1.82, 2.24) is 9.80 Å². The van der Waals surface area contributed by atoms with Crippen LogP contribution in [0.4, 0.5) is 11.4 Å². The van der Waals surface area contributed by atoms with Crippen molar-refractivity contribution in [1.29, 1.82) is 0 Å². The number of hydrogen-bond acceptors (Lipinski definition) is 5. The van der Waals surface area contributed by atoms with Crippen LogP contribution in [0.1, 0.15) is 22.3 Å². The highest BCUT2D eigenvalue weighted by Crippen LogP contribution is 2.29. The Morgan fingerprint density at radius 1 is 1.17 bits per heavy atom. The zero-order valence-corrected chi connectivity index (χ0v) is 18.3. The van der Waals surface area contributed by atoms with Crippen molar-refractivity contribution in [3.05, 3.63) is 70.4 Å². The van der Waals surface area contributed by atoms with Crippen molar-refractivity contribution < 1.29 is 4.79 Å². The van der Waals surface area contributed by atoms with E-state index in [0.29, 0.717) is 23.0 Å². The first-order valence-electron chi connectivity index (χ1n) is 10.2. The number of carbonyl (C=O) groups excluding carboxylic acids is 1. The number of nitrogens with zero attached hydrogens (tertiary/aromatic N) is 2. The number of rotatable bonds is 6. The maximum atomic E-state index is 12.8. The number of carbonyl (C=O) groups is 1. The fourth-order valence-electron chi connectivity index (χ4n) is 3.86. The number of benzene rings is 2. The molecule has 0 radical (unpaired) electrons. The van der Waals surface area contributed by atoms with Crippen LogP contribution in [0.2, 0.25) is 0 Å². The van der Waals surface area contributed by atoms with E-state index in [4.69, 9.17) is 5.73 Å². The fraction of sp³-hybridized carbons (Fsp3) is 0.292. The van der Waals surface area contributed by atoms with E-state index in [0.717, 1.165) is 30.8 Å². The van der Waals surface area contributed by atoms with E-state index in [1.54, 1.807) is 11.3 Å². The van der Waals surface area contributed by atoms with Crippen molar-refractivity contribution in [3.63, 3.8) is 0 Å². The Morgan fingerprint density at radius 2 is 1.97 bits per heavy atom. The molecule has 1 aliphatic rings. The number of likely N-dealkylation sites (tertiary alicyclic amines) is 1. The number of nitrogens with one attached hydrogen (secondary N) is 1. The lowest BCUT2D eigenvalue weighted by Crippen LogP contribution is -2.31. The predicted molar refractivity (Wildman–Crippen MR) is 126 cm³/mol. The molecule has 1 unspecified atom stereocenters. The number of thiophene rings is 1. The van der Waals surface area contributed by atoms with Gasteiger partial charge in [0.15, 0.2) is 0 Å². The summed E-state index contributed by atoms with van der Waals surface area (Å²) in [5.74, 6) is -0.149. The molecule has 2 heterocycles. The molecule has 2 aromatic carbocycles. The van der Waals surface area contributed by atoms with Crippen LogP contribution in [0.25, 0.3) is 11.1 Å². The van der Waals surface area contributed by atoms with Gasteiger partial charge in [-0.05, 0) is 78.3 Å². The number of likely N-dealkylation sites (N-methyl/N-ethyl adjacent to an activating group) is 1. The normalized spacial score (nSPS) is 16.8. The van der Waals surface area contributed by atoms with Gasteiger partial charge in [0.1, 0.15) is 0 Å². The third-order valence-electron chi connectivity index (χ3n) is 5.76. The Morgan fingerprint density at radius 3 is 2.63 bits per heavy atom. The molecule has 30 heavy (non-hydrogen) atoms. The molecule has 3 aromatic rings. The lowest BCUT2D eigenvalue weighted by atomic mass is 10.1. The van der Waals surface area contributed by atoms with Gasteiger partial charge >= 0.3 is 0 Å². The van der Waals surface area contributed by atoms with E-state index >= 15 is 0 Å². The Hall–Kier alpha value is -2.67. The molecule has 0 saturated carbocycles. The lowest BCUT2D eigenvalue weighted by molar-refractivity contribution is 0.102. The summed E-state index contributed by atoms with van der Waals surface area (Å²) in [6.07, 6.45) is 1.21. The van der Waals surface area contributed by atoms with Gasteiger partial charge in [-0.15, -0.1) is 0 Å². The quantitative estimate of drug-likeness (QED) is 0.581. The number of hydrogen-bond donors (Lipinski definition) is 2. The van der Waals surface area contributed by atoms with E-state index in [1.807, 2.05) is 47.8 Å². The number of nitrogen functional groups attached to an aromatic ring is 1. The van der Waals surface area contributed by atoms with Crippen molar-refractivity contribution >= 4 is 28.6 Å². The van der Waals surface area contributed by atoms with Gasteiger partial charge in [0.25, 0.3) is 5.91 Å². The molecule has 1 amide bonds. The second kappa shape index (κ2) is 9.00. The van der Waals surface area contributed by atoms with E-state index in [9.17, 15) is 4.79 Å². The summed E-state index contributed by atoms with van der Waals surface area (Å²) in [6, 6.07) is 16.3. The van der Waals surface area contributed by atoms with Crippen molar-refractivity contribution in [3.8, 4) is 11.1 Å². The molecule has 3 N–H and O–H groups in total. The maximum absolute atomic E-state index is 12.8. The smallest absolute Gasteiger partial charge is 0.255 e. The first-order chi connectivity index (χ1) is 14.5. The highest BCUT2D eigenvalue weighted by atomic mass is 32.1. The van der Waals surface area contributed by atoms with E-state index < -0.39 is 0 Å². The summed E-state index contributed by atoms with van der Waals surface area (Å²) in [5.41, 5.74) is 11.3. The number of amides is 1. The third kappa shape index (κ3) is 4.73. The highest BCUT2D eigenvalue weighted by molar-refractivity contribution is 7.08. The Kier molecular flexibility index (Phi) is 6.18. The van der Waals surface area contributed by atoms with Gasteiger partial charge < -0.3 is 16.0 Å². The molecule has 4 rings (SSSR count). The molecular weight excluding hydrogens is 392 g/mol. The number of anilines is 2. The highest BCUT2D eigenvalue weighted by Gasteiger charge is 2.23. The van der Waals surface area contributed by atoms with Gasteiger partial charge in [-0.2, -0.15) is 11.3 Å². The van der Waals surface area contributed by atoms with Crippen LogP contribution in [0.15, 0.2) is 59.3 Å². The summed E-state index contributed by atoms with van der Waals surface area (Å²) in [7, 11) is 4.29. The van der Waals surface area contributed by atoms with Crippen molar-refractivity contribution in [2.75, 3.05) is 38.2 Å². The van der Waals surface area contributed by atoms with Crippen LogP contribution in [0.5, 0.6) is 0 Å². The summed E-state index contributed by atoms with van der Waals surface area (Å²) in [4.78, 5) is 17.5. The van der Waals surface area contributed by atoms with Crippen LogP contribution in [0, 0.1) is 0 Å². The predicted octanol–water partition coefficient (Wildman–Crippen LogP) is 4.39. The molecule has 0 spiro atoms. The third-order valence-corrected chi connectivity index (χ3v) is 6.44. The van der Waals surface area contributed by atoms with Gasteiger partial charge in [0.2, 0.25) is 0 Å². The van der Waals surface area contributed by atoms with Crippen LogP contribution < -0.4 is 11.1 Å². The van der Waals surface area contributed by atoms with Gasteiger partial charge in [0.05, 0.1) is 11.4 Å². The average Bonchev–Trinajstić information content (AvgIpc) is 3.42. The van der Waals surface area contributed by atoms with E-state index in [2.05, 4.69) is 40.7 Å². The fourth-order valence-corrected chi connectivity index (χ4v) is 4.53. The first-order valence-corrected chi connectivity index (χ1v) is 11.1. The minimum absolute atomic E-state index is 0.149. The maximum Gasteiger partial charge on any atom is 0.255 e. The van der Waals surface area contributed by atoms with Crippen LogP contribution in [-0.2, 0) is 6.54 Å². The molecule has 1 saturated heterocycles. The standard InChI is InChI=1S/C24H28N4OS/c1-27(2)21-9-11-28(15-21)14-17-3-5-18(6-4-17)24(29)26-23-13-19(7-8-22(23)25)20-10-12-30-16-20/h3-8,10,12-13,16,21H,9,11,14-15,25H2,1-2H3,(H,26,29). The minimum Gasteiger partial charge on any atom is -0.397 e. The molecule has 0 aliphatic carbocycles. The largest absolute Gasteiger partial charge is 0.397 e. The van der Waals surface area contributed by atoms with Gasteiger partial charge in [-0.1, -0.05) is 18.2 Å². The minimum atomic E-state index is -0.149. The molecule has 1 aromatic heterocycles. The first kappa shape index (κ1) is 20.6. The van der Waals surface area contributed by atoms with E-state index in [1.165, 1.54) is 12.0 Å². The summed E-state index contributed by atoms with van der Waals surface area (Å²) in [6.45, 7) is 3.13. The van der Waals surface area contributed by atoms with Crippen LogP contribution in [-0.4, -0.2) is 48.9 Å². The Balaban J connectivity index is 1.40. The monoisotopic (exact) mass is 420 g/mol. The van der Waals surface area contributed by atoms with Crippen LogP contribution in [0.3, 0.4) is 0 Å². The van der Waals surface area contributed by atoms with Crippen molar-refractivity contribution in [2.24, 2.45) is 0 Å². The molecule has 6 heteroatoms. The summed E-state index contributed by atoms with van der Waals surface area (Å²) in [5, 5.41) is 7.08. The van der Waals surface area contributed by atoms with Gasteiger partial charge in [-0.3, -0.25) is 9.69 Å². The van der Waals surface area contributed by atoms with Crippen LogP contribution >= 0.6 is 11.3 Å². The van der Waals surface area contributed by atoms with Crippen molar-refractivity contribution in [2.45, 2.75) is 19.0 Å². The Labute approximate surface area is 182 Å². The number of nitrogens with two attached hydrogens (primary N) is 1. The average molecular weight is 421 g/mol. The zero-order chi connectivity index (χ0) is 21.1. The van der Waals surface area contributed by atoms with E-state index in [-0.39, 0.29) is 5.91 Å². The molecule has 1 atom stereocenters. The topological polar surface area (TPSA) is 61.6 Å².